The zero-order chi connectivity index (χ0) is 13.5. The third kappa shape index (κ3) is 813. The van der Waals surface area contributed by atoms with Gasteiger partial charge in [-0.3, -0.25) is 13.7 Å². The minimum Gasteiger partial charge on any atom is -0.756 e. The maximum atomic E-state index is 8.77. The summed E-state index contributed by atoms with van der Waals surface area (Å²) in [5.74, 6) is 0. The summed E-state index contributed by atoms with van der Waals surface area (Å²) in [6.07, 6.45) is 0. The largest absolute Gasteiger partial charge is 2.00 e. The number of rotatable bonds is 0. The van der Waals surface area contributed by atoms with E-state index in [4.69, 9.17) is 57.7 Å². The van der Waals surface area contributed by atoms with E-state index in [0.29, 0.717) is 0 Å². The molecule has 102 valence electrons. The molecular formula is H6FeKO12P3. The molecule has 0 aliphatic rings. The number of phosphoric acid groups is 3. The maximum absolute atomic E-state index is 8.77. The smallest absolute Gasteiger partial charge is 0.756 e. The first kappa shape index (κ1) is 31.7. The predicted octanol–water partition coefficient (Wildman–Crippen LogP) is -7.68. The van der Waals surface area contributed by atoms with Crippen molar-refractivity contribution in [3.8, 4) is 0 Å². The van der Waals surface area contributed by atoms with Crippen LogP contribution in [0, 0.1) is 0 Å². The van der Waals surface area contributed by atoms with Gasteiger partial charge < -0.3 is 44.0 Å². The van der Waals surface area contributed by atoms with Crippen molar-refractivity contribution < 1.29 is 126 Å². The van der Waals surface area contributed by atoms with Crippen molar-refractivity contribution in [3.63, 3.8) is 0 Å². The van der Waals surface area contributed by atoms with E-state index in [0.717, 1.165) is 0 Å². The van der Waals surface area contributed by atoms with Gasteiger partial charge in [0, 0.05) is 0 Å². The maximum Gasteiger partial charge on any atom is 2.00 e. The van der Waals surface area contributed by atoms with E-state index in [1.165, 1.54) is 0 Å². The zero-order valence-electron chi connectivity index (χ0n) is 7.83. The Labute approximate surface area is 148 Å². The minimum atomic E-state index is -4.89. The van der Waals surface area contributed by atoms with Crippen molar-refractivity contribution in [2.45, 2.75) is 0 Å². The zero-order valence-corrected chi connectivity index (χ0v) is 14.7. The Hall–Kier alpha value is 2.49. The van der Waals surface area contributed by atoms with Crippen LogP contribution in [0.5, 0.6) is 0 Å². The van der Waals surface area contributed by atoms with E-state index in [2.05, 4.69) is 0 Å². The molecule has 0 radical (unpaired) electrons. The van der Waals surface area contributed by atoms with Crippen LogP contribution < -0.4 is 66.1 Å². The Balaban J connectivity index is -0.0000000400. The van der Waals surface area contributed by atoms with Crippen LogP contribution in [0.15, 0.2) is 0 Å². The fourth-order valence-electron chi connectivity index (χ4n) is 0. The molecule has 0 aromatic rings. The summed E-state index contributed by atoms with van der Waals surface area (Å²) in [7, 11) is -14.7. The molecule has 0 aromatic heterocycles. The van der Waals surface area contributed by atoms with Gasteiger partial charge in [-0.1, -0.05) is 0 Å². The van der Waals surface area contributed by atoms with E-state index in [1.807, 2.05) is 0 Å². The second-order valence-corrected chi connectivity index (χ2v) is 4.42. The van der Waals surface area contributed by atoms with Crippen molar-refractivity contribution in [1.82, 2.24) is 0 Å². The molecule has 0 amide bonds. The third-order valence-electron chi connectivity index (χ3n) is 0. The summed E-state index contributed by atoms with van der Waals surface area (Å²) in [4.78, 5) is 68.8. The Morgan fingerprint density at radius 1 is 0.588 bits per heavy atom. The molecule has 0 atom stereocenters. The average molecular weight is 386 g/mol. The van der Waals surface area contributed by atoms with Crippen LogP contribution in [0.4, 0.5) is 0 Å². The van der Waals surface area contributed by atoms with Crippen LogP contribution in [-0.2, 0) is 30.8 Å². The van der Waals surface area contributed by atoms with Gasteiger partial charge >= 0.3 is 68.5 Å². The summed E-state index contributed by atoms with van der Waals surface area (Å²) < 4.78 is 26.3. The van der Waals surface area contributed by atoms with Gasteiger partial charge in [-0.2, -0.15) is 0 Å². The quantitative estimate of drug-likeness (QED) is 0.168. The average Bonchev–Trinajstić information content (AvgIpc) is 1.41. The summed E-state index contributed by atoms with van der Waals surface area (Å²) in [6.45, 7) is 0. The molecule has 0 heterocycles. The molecule has 0 aromatic carbocycles. The van der Waals surface area contributed by atoms with Crippen molar-refractivity contribution in [1.29, 1.82) is 0 Å². The van der Waals surface area contributed by atoms with E-state index >= 15 is 0 Å². The van der Waals surface area contributed by atoms with Crippen molar-refractivity contribution in [2.24, 2.45) is 0 Å². The second-order valence-electron chi connectivity index (χ2n) is 1.47. The topological polar surface area (TPSA) is 242 Å². The molecule has 17 heavy (non-hydrogen) atoms. The van der Waals surface area contributed by atoms with Crippen molar-refractivity contribution in [2.75, 3.05) is 0 Å². The molecule has 0 spiro atoms. The second kappa shape index (κ2) is 13.5. The van der Waals surface area contributed by atoms with Crippen LogP contribution in [0.3, 0.4) is 0 Å². The monoisotopic (exact) mass is 386 g/mol. The van der Waals surface area contributed by atoms with Crippen molar-refractivity contribution in [3.05, 3.63) is 0 Å². The molecule has 0 bridgehead atoms. The molecule has 0 saturated heterocycles. The van der Waals surface area contributed by atoms with Gasteiger partial charge in [-0.05, 0) is 0 Å². The van der Waals surface area contributed by atoms with E-state index < -0.39 is 23.5 Å². The first-order chi connectivity index (χ1) is 6.00. The first-order valence-corrected chi connectivity index (χ1v) is 6.89. The van der Waals surface area contributed by atoms with Gasteiger partial charge in [0.2, 0.25) is 0 Å². The Morgan fingerprint density at radius 2 is 0.588 bits per heavy atom. The van der Waals surface area contributed by atoms with Crippen LogP contribution in [-0.4, -0.2) is 29.4 Å². The van der Waals surface area contributed by atoms with Gasteiger partial charge in [-0.25, -0.2) is 0 Å². The summed E-state index contributed by atoms with van der Waals surface area (Å²) in [5, 5.41) is 0. The molecular weight excluding hydrogens is 380 g/mol. The molecule has 17 heteroatoms. The Morgan fingerprint density at radius 3 is 0.588 bits per heavy atom. The molecule has 0 aliphatic carbocycles. The van der Waals surface area contributed by atoms with E-state index in [9.17, 15) is 0 Å². The Kier molecular flexibility index (Phi) is 25.1. The molecule has 6 N–H and O–H groups in total. The minimum absolute atomic E-state index is 0. The molecule has 0 fully saturated rings. The standard InChI is InChI=1S/Fe.K.3H3O4P/c;;3*1-5(2,3)4/h;;3*(H3,1,2,3,4)/q+2;+1;;;/p-3. The van der Waals surface area contributed by atoms with Crippen molar-refractivity contribution >= 4 is 23.5 Å². The van der Waals surface area contributed by atoms with Gasteiger partial charge in [0.1, 0.15) is 0 Å². The fraction of sp³-hybridized carbons (Fsp3) is 0. The van der Waals surface area contributed by atoms with Gasteiger partial charge in [0.25, 0.3) is 23.5 Å². The molecule has 0 unspecified atom stereocenters. The normalized spacial score (nSPS) is 10.4. The van der Waals surface area contributed by atoms with Crippen LogP contribution >= 0.6 is 23.5 Å². The molecule has 12 nitrogen and oxygen atoms in total. The molecule has 0 aliphatic heterocycles. The third-order valence-corrected chi connectivity index (χ3v) is 0. The Bertz CT molecular complexity index is 208. The van der Waals surface area contributed by atoms with E-state index in [1.54, 1.807) is 0 Å². The van der Waals surface area contributed by atoms with E-state index in [-0.39, 0.29) is 68.5 Å². The fourth-order valence-corrected chi connectivity index (χ4v) is 0. The molecule has 0 saturated carbocycles. The summed E-state index contributed by atoms with van der Waals surface area (Å²) >= 11 is 0. The van der Waals surface area contributed by atoms with Gasteiger partial charge in [0.05, 0.1) is 0 Å². The van der Waals surface area contributed by atoms with Gasteiger partial charge in [0.15, 0.2) is 0 Å². The van der Waals surface area contributed by atoms with Crippen LogP contribution in [0.2, 0.25) is 0 Å². The van der Waals surface area contributed by atoms with Gasteiger partial charge in [-0.15, -0.1) is 0 Å². The number of hydrogen-bond donors (Lipinski definition) is 6. The predicted molar refractivity (Wildman–Crippen MR) is 36.1 cm³/mol. The first-order valence-electron chi connectivity index (χ1n) is 2.30. The molecule has 0 rings (SSSR count). The summed E-state index contributed by atoms with van der Waals surface area (Å²) in [5.41, 5.74) is 0. The SMILES string of the molecule is O=P([O-])(O)O.O=P([O-])(O)O.O=P([O-])(O)O.[Fe+2].[K+]. The van der Waals surface area contributed by atoms with Crippen LogP contribution in [0.25, 0.3) is 0 Å². The summed E-state index contributed by atoms with van der Waals surface area (Å²) in [6, 6.07) is 0. The van der Waals surface area contributed by atoms with Crippen LogP contribution in [0.1, 0.15) is 0 Å². The number of hydrogen-bond acceptors (Lipinski definition) is 6.